The number of hydrogen-bond acceptors (Lipinski definition) is 6. The summed E-state index contributed by atoms with van der Waals surface area (Å²) in [6.45, 7) is 1.20. The van der Waals surface area contributed by atoms with E-state index in [-0.39, 0.29) is 26.4 Å². The first-order chi connectivity index (χ1) is 21.7. The fraction of sp³-hybridized carbons (Fsp3) is 0.286. The standard InChI is InChI=1S/C35H36N4O5/c36-38-37-33-31(22-39(40)21-27-13-5-1-6-14-27)44-32(26-41-23-28-15-7-2-8-16-28)34(42-24-29-17-9-3-10-18-29)35(33)43-25-30-19-11-4-12-20-30/h1-20,22,31-35H,21,23-26H2/b39-22-/t31-,32+,33-,34-,35+/m0/s1. The van der Waals surface area contributed by atoms with E-state index >= 15 is 0 Å². The van der Waals surface area contributed by atoms with Gasteiger partial charge in [0.25, 0.3) is 0 Å². The van der Waals surface area contributed by atoms with Crippen LogP contribution >= 0.6 is 0 Å². The molecule has 0 unspecified atom stereocenters. The molecule has 0 N–H and O–H groups in total. The third-order valence-corrected chi connectivity index (χ3v) is 7.34. The summed E-state index contributed by atoms with van der Waals surface area (Å²) >= 11 is 0. The highest BCUT2D eigenvalue weighted by Gasteiger charge is 2.48. The molecule has 0 radical (unpaired) electrons. The van der Waals surface area contributed by atoms with Crippen molar-refractivity contribution >= 4 is 6.21 Å². The third kappa shape index (κ3) is 9.00. The van der Waals surface area contributed by atoms with E-state index in [1.807, 2.05) is 121 Å². The van der Waals surface area contributed by atoms with Crippen LogP contribution in [0.4, 0.5) is 0 Å². The second kappa shape index (κ2) is 16.4. The van der Waals surface area contributed by atoms with Crippen molar-refractivity contribution in [2.45, 2.75) is 56.8 Å². The molecule has 0 aliphatic carbocycles. The normalized spacial score (nSPS) is 21.8. The van der Waals surface area contributed by atoms with Crippen LogP contribution in [0.1, 0.15) is 22.3 Å². The van der Waals surface area contributed by atoms with Crippen molar-refractivity contribution in [2.24, 2.45) is 5.11 Å². The molecule has 4 aromatic carbocycles. The van der Waals surface area contributed by atoms with Crippen LogP contribution in [0.2, 0.25) is 0 Å². The molecule has 1 heterocycles. The van der Waals surface area contributed by atoms with E-state index in [0.29, 0.717) is 6.61 Å². The van der Waals surface area contributed by atoms with Gasteiger partial charge >= 0.3 is 0 Å². The maximum absolute atomic E-state index is 13.2. The third-order valence-electron chi connectivity index (χ3n) is 7.34. The number of nitrogens with zero attached hydrogens (tertiary/aromatic N) is 4. The van der Waals surface area contributed by atoms with E-state index in [2.05, 4.69) is 10.0 Å². The Balaban J connectivity index is 1.44. The van der Waals surface area contributed by atoms with Crippen LogP contribution in [0.3, 0.4) is 0 Å². The molecular weight excluding hydrogens is 556 g/mol. The molecule has 0 saturated carbocycles. The molecule has 0 amide bonds. The van der Waals surface area contributed by atoms with E-state index in [0.717, 1.165) is 27.0 Å². The van der Waals surface area contributed by atoms with Crippen molar-refractivity contribution in [1.82, 2.24) is 0 Å². The van der Waals surface area contributed by atoms with Gasteiger partial charge in [0.1, 0.15) is 24.4 Å². The monoisotopic (exact) mass is 592 g/mol. The van der Waals surface area contributed by atoms with Crippen LogP contribution in [0.5, 0.6) is 0 Å². The van der Waals surface area contributed by atoms with Crippen LogP contribution < -0.4 is 0 Å². The Bertz CT molecular complexity index is 1490. The van der Waals surface area contributed by atoms with Gasteiger partial charge < -0.3 is 24.2 Å². The summed E-state index contributed by atoms with van der Waals surface area (Å²) in [5, 5.41) is 17.3. The molecule has 44 heavy (non-hydrogen) atoms. The first-order valence-electron chi connectivity index (χ1n) is 14.6. The van der Waals surface area contributed by atoms with Gasteiger partial charge in [-0.25, -0.2) is 4.74 Å². The van der Waals surface area contributed by atoms with E-state index in [9.17, 15) is 10.7 Å². The van der Waals surface area contributed by atoms with Gasteiger partial charge in [-0.2, -0.15) is 0 Å². The summed E-state index contributed by atoms with van der Waals surface area (Å²) in [5.41, 5.74) is 13.4. The van der Waals surface area contributed by atoms with E-state index in [1.54, 1.807) is 0 Å². The maximum atomic E-state index is 13.2. The Morgan fingerprint density at radius 3 is 1.70 bits per heavy atom. The Hall–Kier alpha value is -4.50. The number of ether oxygens (including phenoxy) is 4. The number of hydroxylamine groups is 1. The lowest BCUT2D eigenvalue weighted by Gasteiger charge is -2.43. The Kier molecular flexibility index (Phi) is 11.5. The SMILES string of the molecule is [N-]=[N+]=N[C@@H]1[C@@H](OCc2ccccc2)[C@@H](OCc2ccccc2)[C@@H](COCc2ccccc2)O[C@H]1/C=[N+](\[O-])Cc1ccccc1. The number of hydrogen-bond donors (Lipinski definition) is 0. The topological polar surface area (TPSA) is 112 Å². The summed E-state index contributed by atoms with van der Waals surface area (Å²) in [7, 11) is 0. The summed E-state index contributed by atoms with van der Waals surface area (Å²) in [5.74, 6) is 0. The second-order valence-corrected chi connectivity index (χ2v) is 10.6. The zero-order valence-electron chi connectivity index (χ0n) is 24.4. The molecule has 1 fully saturated rings. The number of azide groups is 1. The lowest BCUT2D eigenvalue weighted by Crippen LogP contribution is -2.60. The molecule has 1 aliphatic rings. The molecule has 0 aromatic heterocycles. The van der Waals surface area contributed by atoms with Gasteiger partial charge in [0, 0.05) is 10.5 Å². The van der Waals surface area contributed by atoms with Gasteiger partial charge in [-0.05, 0) is 22.2 Å². The molecular formula is C35H36N4O5. The van der Waals surface area contributed by atoms with Gasteiger partial charge in [-0.3, -0.25) is 0 Å². The average molecular weight is 593 g/mol. The highest BCUT2D eigenvalue weighted by atomic mass is 16.6. The van der Waals surface area contributed by atoms with Crippen molar-refractivity contribution in [1.29, 1.82) is 0 Å². The predicted octanol–water partition coefficient (Wildman–Crippen LogP) is 6.60. The first kappa shape index (κ1) is 30.9. The van der Waals surface area contributed by atoms with E-state index in [4.69, 9.17) is 18.9 Å². The number of rotatable bonds is 14. The van der Waals surface area contributed by atoms with Gasteiger partial charge in [0.15, 0.2) is 12.8 Å². The van der Waals surface area contributed by atoms with E-state index in [1.165, 1.54) is 6.21 Å². The lowest BCUT2D eigenvalue weighted by atomic mass is 9.93. The summed E-state index contributed by atoms with van der Waals surface area (Å²) in [6, 6.07) is 37.9. The fourth-order valence-electron chi connectivity index (χ4n) is 5.18. The Labute approximate surface area is 257 Å². The van der Waals surface area contributed by atoms with Crippen LogP contribution in [0, 0.1) is 5.21 Å². The molecule has 1 saturated heterocycles. The summed E-state index contributed by atoms with van der Waals surface area (Å²) < 4.78 is 26.4. The average Bonchev–Trinajstić information content (AvgIpc) is 3.06. The van der Waals surface area contributed by atoms with Crippen molar-refractivity contribution in [3.8, 4) is 0 Å². The quantitative estimate of drug-likeness (QED) is 0.0311. The van der Waals surface area contributed by atoms with Crippen LogP contribution in [-0.2, 0) is 45.3 Å². The zero-order valence-corrected chi connectivity index (χ0v) is 24.4. The molecule has 9 heteroatoms. The maximum Gasteiger partial charge on any atom is 0.180 e. The van der Waals surface area contributed by atoms with Gasteiger partial charge in [-0.15, -0.1) is 0 Å². The predicted molar refractivity (Wildman–Crippen MR) is 168 cm³/mol. The van der Waals surface area contributed by atoms with Crippen LogP contribution in [0.15, 0.2) is 126 Å². The second-order valence-electron chi connectivity index (χ2n) is 10.6. The molecule has 5 rings (SSSR count). The lowest BCUT2D eigenvalue weighted by molar-refractivity contribution is -0.473. The molecule has 1 aliphatic heterocycles. The van der Waals surface area contributed by atoms with Gasteiger partial charge in [-0.1, -0.05) is 126 Å². The minimum atomic E-state index is -0.880. The molecule has 5 atom stereocenters. The Morgan fingerprint density at radius 1 is 0.705 bits per heavy atom. The largest absolute Gasteiger partial charge is 0.624 e. The highest BCUT2D eigenvalue weighted by Crippen LogP contribution is 2.30. The summed E-state index contributed by atoms with van der Waals surface area (Å²) in [4.78, 5) is 3.12. The van der Waals surface area contributed by atoms with Crippen molar-refractivity contribution in [3.63, 3.8) is 0 Å². The molecule has 9 nitrogen and oxygen atoms in total. The van der Waals surface area contributed by atoms with E-state index < -0.39 is 30.5 Å². The first-order valence-corrected chi connectivity index (χ1v) is 14.6. The smallest absolute Gasteiger partial charge is 0.180 e. The van der Waals surface area contributed by atoms with Crippen LogP contribution in [-0.4, -0.2) is 48.0 Å². The van der Waals surface area contributed by atoms with Crippen molar-refractivity contribution in [3.05, 3.63) is 159 Å². The molecule has 0 bridgehead atoms. The van der Waals surface area contributed by atoms with Crippen LogP contribution in [0.25, 0.3) is 10.4 Å². The van der Waals surface area contributed by atoms with Gasteiger partial charge in [0.05, 0.1) is 32.5 Å². The zero-order chi connectivity index (χ0) is 30.4. The molecule has 226 valence electrons. The van der Waals surface area contributed by atoms with Crippen molar-refractivity contribution in [2.75, 3.05) is 6.61 Å². The van der Waals surface area contributed by atoms with Crippen molar-refractivity contribution < 1.29 is 23.7 Å². The minimum absolute atomic E-state index is 0.113. The van der Waals surface area contributed by atoms with Gasteiger partial charge in [0.2, 0.25) is 0 Å². The summed E-state index contributed by atoms with van der Waals surface area (Å²) in [6.07, 6.45) is -1.48. The fourth-order valence-corrected chi connectivity index (χ4v) is 5.18. The highest BCUT2D eigenvalue weighted by molar-refractivity contribution is 5.60. The Morgan fingerprint density at radius 2 is 1.18 bits per heavy atom. The molecule has 0 spiro atoms. The number of benzene rings is 4. The molecule has 4 aromatic rings. The minimum Gasteiger partial charge on any atom is -0.624 e.